The summed E-state index contributed by atoms with van der Waals surface area (Å²) in [5.41, 5.74) is 5.74. The van der Waals surface area contributed by atoms with E-state index in [1.54, 1.807) is 7.05 Å². The zero-order valence-electron chi connectivity index (χ0n) is 7.36. The Bertz CT molecular complexity index is 330. The summed E-state index contributed by atoms with van der Waals surface area (Å²) in [5, 5.41) is 3.81. The van der Waals surface area contributed by atoms with E-state index in [9.17, 15) is 4.79 Å². The number of nitrogens with two attached hydrogens (primary N) is 1. The van der Waals surface area contributed by atoms with Gasteiger partial charge in [0.15, 0.2) is 5.82 Å². The van der Waals surface area contributed by atoms with Crippen molar-refractivity contribution in [3.8, 4) is 0 Å². The van der Waals surface area contributed by atoms with Gasteiger partial charge < -0.3 is 10.5 Å². The zero-order chi connectivity index (χ0) is 9.84. The van der Waals surface area contributed by atoms with Gasteiger partial charge in [0.05, 0.1) is 0 Å². The van der Waals surface area contributed by atoms with Gasteiger partial charge in [-0.15, -0.1) is 0 Å². The van der Waals surface area contributed by atoms with E-state index in [0.717, 1.165) is 0 Å². The number of aryl methyl sites for hydroxylation is 1. The summed E-state index contributed by atoms with van der Waals surface area (Å²) >= 11 is 0. The zero-order valence-corrected chi connectivity index (χ0v) is 7.36. The van der Waals surface area contributed by atoms with E-state index in [1.165, 1.54) is 17.0 Å². The Hall–Kier alpha value is -1.78. The van der Waals surface area contributed by atoms with E-state index in [2.05, 4.69) is 11.7 Å². The summed E-state index contributed by atoms with van der Waals surface area (Å²) in [6, 6.07) is 0. The van der Waals surface area contributed by atoms with Gasteiger partial charge in [0, 0.05) is 13.2 Å². The van der Waals surface area contributed by atoms with Crippen LogP contribution < -0.4 is 5.73 Å². The van der Waals surface area contributed by atoms with Crippen LogP contribution in [0.25, 0.3) is 0 Å². The van der Waals surface area contributed by atoms with E-state index in [1.807, 2.05) is 0 Å². The maximum atomic E-state index is 11.2. The molecule has 0 spiro atoms. The van der Waals surface area contributed by atoms with Gasteiger partial charge in [-0.25, -0.2) is 4.79 Å². The SMILES string of the molecule is C=CCOC(=O)c1cn(C)nc1N. The Labute approximate surface area is 75.8 Å². The highest BCUT2D eigenvalue weighted by atomic mass is 16.5. The number of nitrogens with zero attached hydrogens (tertiary/aromatic N) is 2. The second-order valence-electron chi connectivity index (χ2n) is 2.49. The Morgan fingerprint density at radius 1 is 1.92 bits per heavy atom. The fourth-order valence-corrected chi connectivity index (χ4v) is 0.875. The first-order chi connectivity index (χ1) is 6.15. The van der Waals surface area contributed by atoms with Crippen LogP contribution in [0.2, 0.25) is 0 Å². The second-order valence-corrected chi connectivity index (χ2v) is 2.49. The normalized spacial score (nSPS) is 9.62. The molecule has 0 atom stereocenters. The van der Waals surface area contributed by atoms with Gasteiger partial charge in [-0.1, -0.05) is 12.7 Å². The molecule has 0 bridgehead atoms. The number of carbonyl (C=O) groups is 1. The molecular weight excluding hydrogens is 170 g/mol. The van der Waals surface area contributed by atoms with Crippen LogP contribution in [0.1, 0.15) is 10.4 Å². The van der Waals surface area contributed by atoms with Gasteiger partial charge in [-0.3, -0.25) is 4.68 Å². The third-order valence-corrected chi connectivity index (χ3v) is 1.41. The van der Waals surface area contributed by atoms with Crippen molar-refractivity contribution < 1.29 is 9.53 Å². The number of ether oxygens (including phenoxy) is 1. The maximum Gasteiger partial charge on any atom is 0.343 e. The molecule has 1 heterocycles. The molecule has 2 N–H and O–H groups in total. The molecule has 0 aliphatic rings. The highest BCUT2D eigenvalue weighted by Gasteiger charge is 2.13. The van der Waals surface area contributed by atoms with Crippen LogP contribution in [-0.2, 0) is 11.8 Å². The van der Waals surface area contributed by atoms with Crippen molar-refractivity contribution in [1.29, 1.82) is 0 Å². The van der Waals surface area contributed by atoms with Crippen molar-refractivity contribution in [2.75, 3.05) is 12.3 Å². The molecule has 0 aromatic carbocycles. The minimum Gasteiger partial charge on any atom is -0.458 e. The number of anilines is 1. The van der Waals surface area contributed by atoms with Crippen LogP contribution in [0.4, 0.5) is 5.82 Å². The van der Waals surface area contributed by atoms with Crippen molar-refractivity contribution in [1.82, 2.24) is 9.78 Å². The van der Waals surface area contributed by atoms with Crippen molar-refractivity contribution in [2.24, 2.45) is 7.05 Å². The van der Waals surface area contributed by atoms with Crippen molar-refractivity contribution in [2.45, 2.75) is 0 Å². The van der Waals surface area contributed by atoms with Gasteiger partial charge in [0.25, 0.3) is 0 Å². The quantitative estimate of drug-likeness (QED) is 0.539. The lowest BCUT2D eigenvalue weighted by Crippen LogP contribution is -2.06. The van der Waals surface area contributed by atoms with Crippen LogP contribution in [0.3, 0.4) is 0 Å². The predicted molar refractivity (Wildman–Crippen MR) is 48.1 cm³/mol. The first-order valence-electron chi connectivity index (χ1n) is 3.72. The summed E-state index contributed by atoms with van der Waals surface area (Å²) in [7, 11) is 1.68. The third kappa shape index (κ3) is 2.08. The fraction of sp³-hybridized carbons (Fsp3) is 0.250. The molecule has 0 saturated carbocycles. The first kappa shape index (κ1) is 9.31. The van der Waals surface area contributed by atoms with E-state index >= 15 is 0 Å². The van der Waals surface area contributed by atoms with Crippen LogP contribution in [0.15, 0.2) is 18.9 Å². The molecular formula is C8H11N3O2. The standard InChI is InChI=1S/C8H11N3O2/c1-3-4-13-8(12)6-5-11(2)10-7(6)9/h3,5H,1,4H2,2H3,(H2,9,10). The highest BCUT2D eigenvalue weighted by molar-refractivity contribution is 5.93. The number of esters is 1. The summed E-state index contributed by atoms with van der Waals surface area (Å²) < 4.78 is 6.24. The molecule has 0 unspecified atom stereocenters. The van der Waals surface area contributed by atoms with Gasteiger partial charge in [-0.2, -0.15) is 5.10 Å². The number of hydrogen-bond acceptors (Lipinski definition) is 4. The van der Waals surface area contributed by atoms with Crippen LogP contribution in [0.5, 0.6) is 0 Å². The van der Waals surface area contributed by atoms with Crippen LogP contribution in [0, 0.1) is 0 Å². The number of rotatable bonds is 3. The summed E-state index contributed by atoms with van der Waals surface area (Å²) in [5.74, 6) is -0.304. The summed E-state index contributed by atoms with van der Waals surface area (Å²) in [6.07, 6.45) is 3.01. The van der Waals surface area contributed by atoms with Crippen molar-refractivity contribution in [3.63, 3.8) is 0 Å². The lowest BCUT2D eigenvalue weighted by atomic mass is 10.3. The van der Waals surface area contributed by atoms with Gasteiger partial charge in [-0.05, 0) is 0 Å². The Kier molecular flexibility index (Phi) is 2.69. The average Bonchev–Trinajstić information content (AvgIpc) is 2.41. The smallest absolute Gasteiger partial charge is 0.343 e. The fourth-order valence-electron chi connectivity index (χ4n) is 0.875. The summed E-state index contributed by atoms with van der Waals surface area (Å²) in [6.45, 7) is 3.60. The molecule has 0 aliphatic carbocycles. The van der Waals surface area contributed by atoms with E-state index in [-0.39, 0.29) is 18.0 Å². The number of nitrogen functional groups attached to an aromatic ring is 1. The number of carbonyl (C=O) groups excluding carboxylic acids is 1. The van der Waals surface area contributed by atoms with E-state index < -0.39 is 5.97 Å². The van der Waals surface area contributed by atoms with E-state index in [0.29, 0.717) is 0 Å². The molecule has 1 aromatic heterocycles. The topological polar surface area (TPSA) is 70.1 Å². The van der Waals surface area contributed by atoms with Gasteiger partial charge in [0.2, 0.25) is 0 Å². The maximum absolute atomic E-state index is 11.2. The van der Waals surface area contributed by atoms with Crippen molar-refractivity contribution in [3.05, 3.63) is 24.4 Å². The monoisotopic (exact) mass is 181 g/mol. The molecule has 5 nitrogen and oxygen atoms in total. The minimum absolute atomic E-state index is 0.174. The summed E-state index contributed by atoms with van der Waals surface area (Å²) in [4.78, 5) is 11.2. The Morgan fingerprint density at radius 3 is 3.08 bits per heavy atom. The molecule has 5 heteroatoms. The van der Waals surface area contributed by atoms with Gasteiger partial charge >= 0.3 is 5.97 Å². The highest BCUT2D eigenvalue weighted by Crippen LogP contribution is 2.09. The second kappa shape index (κ2) is 3.75. The Balaban J connectivity index is 2.76. The lowest BCUT2D eigenvalue weighted by molar-refractivity contribution is 0.0551. The molecule has 70 valence electrons. The molecule has 0 saturated heterocycles. The third-order valence-electron chi connectivity index (χ3n) is 1.41. The number of hydrogen-bond donors (Lipinski definition) is 1. The Morgan fingerprint density at radius 2 is 2.62 bits per heavy atom. The minimum atomic E-state index is -0.481. The molecule has 13 heavy (non-hydrogen) atoms. The van der Waals surface area contributed by atoms with E-state index in [4.69, 9.17) is 10.5 Å². The molecule has 0 aliphatic heterocycles. The van der Waals surface area contributed by atoms with Crippen LogP contribution >= 0.6 is 0 Å². The first-order valence-corrected chi connectivity index (χ1v) is 3.72. The molecule has 0 amide bonds. The average molecular weight is 181 g/mol. The largest absolute Gasteiger partial charge is 0.458 e. The lowest BCUT2D eigenvalue weighted by Gasteiger charge is -1.98. The van der Waals surface area contributed by atoms with Gasteiger partial charge in [0.1, 0.15) is 12.2 Å². The van der Waals surface area contributed by atoms with Crippen LogP contribution in [-0.4, -0.2) is 22.4 Å². The predicted octanol–water partition coefficient (Wildman–Crippen LogP) is 0.345. The molecule has 1 rings (SSSR count). The molecule has 0 fully saturated rings. The number of aromatic nitrogens is 2. The molecule has 0 radical (unpaired) electrons. The molecule has 1 aromatic rings. The van der Waals surface area contributed by atoms with Crippen molar-refractivity contribution >= 4 is 11.8 Å².